The molecule has 0 atom stereocenters. The smallest absolute Gasteiger partial charge is 0.570 e. The molecule has 0 unspecified atom stereocenters. The molecule has 9 heteroatoms. The Morgan fingerprint density at radius 1 is 1.21 bits per heavy atom. The van der Waals surface area contributed by atoms with E-state index in [1.807, 2.05) is 42.2 Å². The monoisotopic (exact) mass is 678 g/mol. The molecule has 0 aliphatic carbocycles. The van der Waals surface area contributed by atoms with Crippen molar-refractivity contribution in [3.05, 3.63) is 83.3 Å². The van der Waals surface area contributed by atoms with Crippen LogP contribution in [0.4, 0.5) is 0 Å². The van der Waals surface area contributed by atoms with Crippen LogP contribution in [0.15, 0.2) is 48.7 Å². The molecule has 5 rings (SSSR count). The summed E-state index contributed by atoms with van der Waals surface area (Å²) in [6.07, 6.45) is 1.78. The van der Waals surface area contributed by atoms with Crippen LogP contribution in [0.1, 0.15) is 27.3 Å². The molecule has 33 heavy (non-hydrogen) atoms. The van der Waals surface area contributed by atoms with Crippen molar-refractivity contribution in [2.45, 2.75) is 26.6 Å². The maximum Gasteiger partial charge on any atom is 1.00 e. The van der Waals surface area contributed by atoms with Gasteiger partial charge in [-0.05, 0) is 25.5 Å². The molecule has 0 saturated carbocycles. The zero-order valence-corrected chi connectivity index (χ0v) is 26.1. The Balaban J connectivity index is 0.00000153. The van der Waals surface area contributed by atoms with E-state index in [-0.39, 0.29) is 91.1 Å². The van der Waals surface area contributed by atoms with Gasteiger partial charge in [-0.25, -0.2) is 0 Å². The molecule has 3 radical (unpaired) electrons. The number of carbonyl (C=O) groups excluding carboxylic acids is 1. The average molecular weight is 678 g/mol. The minimum atomic E-state index is -0.0484. The zero-order valence-electron chi connectivity index (χ0n) is 18.5. The van der Waals surface area contributed by atoms with Gasteiger partial charge in [-0.2, -0.15) is 5.10 Å². The Morgan fingerprint density at radius 2 is 2.03 bits per heavy atom. The maximum atomic E-state index is 13.1. The summed E-state index contributed by atoms with van der Waals surface area (Å²) in [5.74, 6) is 0.390. The van der Waals surface area contributed by atoms with Crippen molar-refractivity contribution in [2.75, 3.05) is 6.54 Å². The zero-order chi connectivity index (χ0) is 21.4. The number of fused-ring (bicyclic) bond motifs is 2. The number of carbonyl (C=O) groups is 1. The average Bonchev–Trinajstić information content (AvgIpc) is 3.19. The van der Waals surface area contributed by atoms with Crippen molar-refractivity contribution in [3.8, 4) is 5.75 Å². The van der Waals surface area contributed by atoms with Gasteiger partial charge in [0.05, 0.1) is 17.8 Å². The van der Waals surface area contributed by atoms with Crippen LogP contribution in [-0.2, 0) is 40.1 Å². The number of para-hydroxylation sites is 1. The van der Waals surface area contributed by atoms with Gasteiger partial charge in [-0.3, -0.25) is 37.6 Å². The number of aryl methyl sites for hydroxylation is 1. The van der Waals surface area contributed by atoms with Gasteiger partial charge in [0, 0.05) is 45.1 Å². The molecule has 0 N–H and O–H groups in total. The van der Waals surface area contributed by atoms with Crippen molar-refractivity contribution in [1.29, 1.82) is 0 Å². The molecule has 4 aromatic rings. The predicted octanol–water partition coefficient (Wildman–Crippen LogP) is -0.630. The largest absolute Gasteiger partial charge is 1.00 e. The van der Waals surface area contributed by atoms with E-state index >= 15 is 0 Å². The Kier molecular flexibility index (Phi) is 9.25. The topological polar surface area (TPSA) is 60.2 Å². The Morgan fingerprint density at radius 3 is 2.85 bits per heavy atom. The number of benzene rings is 2. The number of amides is 1. The van der Waals surface area contributed by atoms with Crippen LogP contribution in [0.3, 0.4) is 0 Å². The number of pyridine rings is 1. The minimum absolute atomic E-state index is 0. The molecule has 159 valence electrons. The van der Waals surface area contributed by atoms with Crippen LogP contribution in [0.5, 0.6) is 5.75 Å². The van der Waals surface area contributed by atoms with E-state index in [1.165, 1.54) is 0 Å². The number of ether oxygens (including phenoxy) is 1. The molecule has 1 aliphatic heterocycles. The Bertz CT molecular complexity index is 1290. The standard InChI is InChI=1S/C24H19BN4O2.Rb.Re/c1-16-7-8-22(20(25)12-16)31-15-19-13-21-24(30)28(10-11-29(21)27-19)14-18-5-2-4-17-6-3-9-26-23(17)18;;/h2-7,9,13H,10-11,14-15H2,1H3;;/q-2;+1;. The van der Waals surface area contributed by atoms with Crippen LogP contribution < -0.4 is 68.4 Å². The molecule has 3 heterocycles. The third-order valence-electron chi connectivity index (χ3n) is 5.36. The van der Waals surface area contributed by atoms with E-state index < -0.39 is 0 Å². The molecule has 2 aromatic carbocycles. The van der Waals surface area contributed by atoms with Crippen LogP contribution in [0, 0.1) is 19.1 Å². The fourth-order valence-corrected chi connectivity index (χ4v) is 3.84. The predicted molar refractivity (Wildman–Crippen MR) is 117 cm³/mol. The van der Waals surface area contributed by atoms with Gasteiger partial charge in [0.25, 0.3) is 5.91 Å². The first-order chi connectivity index (χ1) is 15.1. The van der Waals surface area contributed by atoms with Crippen LogP contribution in [-0.4, -0.2) is 40.0 Å². The van der Waals surface area contributed by atoms with Gasteiger partial charge in [-0.15, -0.1) is 12.7 Å². The molecule has 1 aliphatic rings. The van der Waals surface area contributed by atoms with Crippen molar-refractivity contribution < 1.29 is 88.1 Å². The fraction of sp³-hybridized carbons (Fsp3) is 0.208. The third-order valence-corrected chi connectivity index (χ3v) is 5.36. The summed E-state index contributed by atoms with van der Waals surface area (Å²) in [5.41, 5.74) is 4.50. The second-order valence-corrected chi connectivity index (χ2v) is 7.59. The van der Waals surface area contributed by atoms with Gasteiger partial charge >= 0.3 is 58.2 Å². The number of rotatable bonds is 5. The number of nitrogens with zero attached hydrogens (tertiary/aromatic N) is 4. The first-order valence-electron chi connectivity index (χ1n) is 10.1. The molecule has 0 spiro atoms. The minimum Gasteiger partial charge on any atom is -0.570 e. The van der Waals surface area contributed by atoms with Crippen molar-refractivity contribution in [3.63, 3.8) is 0 Å². The van der Waals surface area contributed by atoms with Gasteiger partial charge < -0.3 is 15.7 Å². The normalized spacial score (nSPS) is 12.6. The molecule has 1 amide bonds. The molecular weight excluding hydrogens is 659 g/mol. The molecule has 0 saturated heterocycles. The van der Waals surface area contributed by atoms with Crippen molar-refractivity contribution >= 4 is 30.1 Å². The summed E-state index contributed by atoms with van der Waals surface area (Å²) < 4.78 is 7.48. The van der Waals surface area contributed by atoms with Gasteiger partial charge in [0.15, 0.2) is 0 Å². The van der Waals surface area contributed by atoms with Gasteiger partial charge in [0.1, 0.15) is 12.3 Å². The summed E-state index contributed by atoms with van der Waals surface area (Å²) in [4.78, 5) is 19.4. The summed E-state index contributed by atoms with van der Waals surface area (Å²) in [5, 5.41) is 5.59. The number of hydrogen-bond acceptors (Lipinski definition) is 4. The number of hydrogen-bond donors (Lipinski definition) is 0. The molecule has 0 bridgehead atoms. The Hall–Kier alpha value is -1.14. The summed E-state index contributed by atoms with van der Waals surface area (Å²) in [7, 11) is 5.93. The van der Waals surface area contributed by atoms with Crippen LogP contribution in [0.2, 0.25) is 0 Å². The second-order valence-electron chi connectivity index (χ2n) is 7.59. The molecule has 6 nitrogen and oxygen atoms in total. The maximum absolute atomic E-state index is 13.1. The van der Waals surface area contributed by atoms with Gasteiger partial charge in [-0.1, -0.05) is 24.3 Å². The van der Waals surface area contributed by atoms with Gasteiger partial charge in [0.2, 0.25) is 0 Å². The number of aromatic nitrogens is 3. The van der Waals surface area contributed by atoms with E-state index in [4.69, 9.17) is 12.6 Å². The first kappa shape index (κ1) is 26.5. The van der Waals surface area contributed by atoms with E-state index in [9.17, 15) is 4.79 Å². The molecule has 0 fully saturated rings. The van der Waals surface area contributed by atoms with E-state index in [2.05, 4.69) is 22.2 Å². The molecular formula is C24H19BN4O2RbRe-. The van der Waals surface area contributed by atoms with Crippen LogP contribution >= 0.6 is 0 Å². The fourth-order valence-electron chi connectivity index (χ4n) is 3.84. The first-order valence-corrected chi connectivity index (χ1v) is 10.1. The van der Waals surface area contributed by atoms with Crippen molar-refractivity contribution in [2.24, 2.45) is 0 Å². The second kappa shape index (κ2) is 11.5. The summed E-state index contributed by atoms with van der Waals surface area (Å²) in [6.45, 7) is 3.83. The van der Waals surface area contributed by atoms with E-state index in [0.717, 1.165) is 22.0 Å². The van der Waals surface area contributed by atoms with Crippen LogP contribution in [0.25, 0.3) is 10.9 Å². The Labute approximate surface area is 256 Å². The molecule has 2 aromatic heterocycles. The van der Waals surface area contributed by atoms with E-state index in [1.54, 1.807) is 23.0 Å². The van der Waals surface area contributed by atoms with E-state index in [0.29, 0.717) is 42.2 Å². The summed E-state index contributed by atoms with van der Waals surface area (Å²) in [6, 6.07) is 19.6. The summed E-state index contributed by atoms with van der Waals surface area (Å²) >= 11 is 0. The third kappa shape index (κ3) is 5.75. The quantitative estimate of drug-likeness (QED) is 0.209. The SMILES string of the molecule is [B]c1[c-]c(C)c[c-]c1OCc1cc2n(n1)CCN(Cc1cccc3cccnc13)C2=O.[Rb+].[Re]. The van der Waals surface area contributed by atoms with Crippen molar-refractivity contribution in [1.82, 2.24) is 19.7 Å².